The Balaban J connectivity index is 1.85. The topological polar surface area (TPSA) is 35.5 Å². The minimum atomic E-state index is -0.762. The molecule has 2 heterocycles. The second kappa shape index (κ2) is 6.35. The van der Waals surface area contributed by atoms with Crippen LogP contribution >= 0.6 is 11.3 Å². The predicted molar refractivity (Wildman–Crippen MR) is 81.6 cm³/mol. The molecule has 0 aromatic carbocycles. The second-order valence-electron chi connectivity index (χ2n) is 5.93. The van der Waals surface area contributed by atoms with Gasteiger partial charge in [-0.2, -0.15) is 11.3 Å². The van der Waals surface area contributed by atoms with Crippen molar-refractivity contribution >= 4 is 11.3 Å². The molecule has 3 unspecified atom stereocenters. The Bertz CT molecular complexity index is 378. The normalized spacial score (nSPS) is 28.2. The van der Waals surface area contributed by atoms with E-state index in [1.807, 2.05) is 23.8 Å². The van der Waals surface area contributed by atoms with Gasteiger partial charge in [-0.05, 0) is 54.7 Å². The molecule has 1 aromatic rings. The quantitative estimate of drug-likeness (QED) is 0.870. The molecule has 2 rings (SSSR count). The molecule has 4 heteroatoms. The lowest BCUT2D eigenvalue weighted by atomic mass is 9.92. The van der Waals surface area contributed by atoms with Gasteiger partial charge in [0.1, 0.15) is 0 Å². The van der Waals surface area contributed by atoms with Crippen LogP contribution in [0.2, 0.25) is 0 Å². The molecule has 3 atom stereocenters. The average Bonchev–Trinajstić information content (AvgIpc) is 2.92. The third-order valence-corrected chi connectivity index (χ3v) is 4.97. The summed E-state index contributed by atoms with van der Waals surface area (Å²) in [6.45, 7) is 10.5. The number of rotatable bonds is 5. The van der Waals surface area contributed by atoms with Crippen LogP contribution in [-0.2, 0) is 5.60 Å². The van der Waals surface area contributed by atoms with Crippen LogP contribution in [0.3, 0.4) is 0 Å². The van der Waals surface area contributed by atoms with Crippen LogP contribution in [0.1, 0.15) is 32.8 Å². The van der Waals surface area contributed by atoms with E-state index >= 15 is 0 Å². The number of aliphatic hydroxyl groups is 1. The van der Waals surface area contributed by atoms with Gasteiger partial charge in [-0.1, -0.05) is 13.8 Å². The summed E-state index contributed by atoms with van der Waals surface area (Å²) in [5, 5.41) is 18.1. The molecule has 2 N–H and O–H groups in total. The number of nitrogens with one attached hydrogen (secondary N) is 1. The van der Waals surface area contributed by atoms with Crippen molar-refractivity contribution in [3.05, 3.63) is 22.4 Å². The van der Waals surface area contributed by atoms with Crippen molar-refractivity contribution in [1.29, 1.82) is 0 Å². The monoisotopic (exact) mass is 282 g/mol. The molecule has 0 saturated carbocycles. The summed E-state index contributed by atoms with van der Waals surface area (Å²) in [6.07, 6.45) is 1.18. The van der Waals surface area contributed by atoms with Crippen molar-refractivity contribution in [3.63, 3.8) is 0 Å². The van der Waals surface area contributed by atoms with Gasteiger partial charge in [0.25, 0.3) is 0 Å². The first-order valence-electron chi connectivity index (χ1n) is 7.23. The lowest BCUT2D eigenvalue weighted by Crippen LogP contribution is -2.51. The van der Waals surface area contributed by atoms with Crippen LogP contribution in [-0.4, -0.2) is 42.2 Å². The Morgan fingerprint density at radius 3 is 2.95 bits per heavy atom. The second-order valence-corrected chi connectivity index (χ2v) is 6.71. The summed E-state index contributed by atoms with van der Waals surface area (Å²) in [6, 6.07) is 2.53. The zero-order valence-corrected chi connectivity index (χ0v) is 13.0. The van der Waals surface area contributed by atoms with Crippen LogP contribution in [0.15, 0.2) is 16.8 Å². The van der Waals surface area contributed by atoms with E-state index in [1.54, 1.807) is 11.3 Å². The smallest absolute Gasteiger partial charge is 0.1000 e. The third-order valence-electron chi connectivity index (χ3n) is 4.29. The lowest BCUT2D eigenvalue weighted by molar-refractivity contribution is 0.0458. The van der Waals surface area contributed by atoms with Crippen molar-refractivity contribution in [1.82, 2.24) is 10.2 Å². The summed E-state index contributed by atoms with van der Waals surface area (Å²) in [4.78, 5) is 2.50. The zero-order valence-electron chi connectivity index (χ0n) is 12.2. The molecule has 1 fully saturated rings. The molecule has 19 heavy (non-hydrogen) atoms. The molecular formula is C15H26N2OS. The first kappa shape index (κ1) is 15.0. The highest BCUT2D eigenvalue weighted by atomic mass is 32.1. The SMILES string of the molecule is CCN1CCC(NCC(C)(O)c2ccsc2)C(C)C1. The molecule has 1 aliphatic rings. The van der Waals surface area contributed by atoms with E-state index in [2.05, 4.69) is 24.1 Å². The lowest BCUT2D eigenvalue weighted by Gasteiger charge is -2.38. The van der Waals surface area contributed by atoms with Crippen molar-refractivity contribution in [2.75, 3.05) is 26.2 Å². The molecule has 1 aliphatic heterocycles. The summed E-state index contributed by atoms with van der Waals surface area (Å²) in [5.74, 6) is 0.645. The van der Waals surface area contributed by atoms with Crippen molar-refractivity contribution in [2.45, 2.75) is 38.8 Å². The Hall–Kier alpha value is -0.420. The molecule has 0 radical (unpaired) electrons. The molecule has 3 nitrogen and oxygen atoms in total. The van der Waals surface area contributed by atoms with Crippen LogP contribution in [0.25, 0.3) is 0 Å². The van der Waals surface area contributed by atoms with Crippen molar-refractivity contribution in [3.8, 4) is 0 Å². The van der Waals surface area contributed by atoms with E-state index in [1.165, 1.54) is 13.0 Å². The fourth-order valence-electron chi connectivity index (χ4n) is 2.83. The van der Waals surface area contributed by atoms with E-state index in [0.717, 1.165) is 18.7 Å². The van der Waals surface area contributed by atoms with Gasteiger partial charge in [0, 0.05) is 19.1 Å². The van der Waals surface area contributed by atoms with Crippen LogP contribution < -0.4 is 5.32 Å². The van der Waals surface area contributed by atoms with E-state index in [0.29, 0.717) is 18.5 Å². The first-order chi connectivity index (χ1) is 9.03. The van der Waals surface area contributed by atoms with E-state index < -0.39 is 5.60 Å². The molecule has 1 aromatic heterocycles. The number of thiophene rings is 1. The summed E-state index contributed by atoms with van der Waals surface area (Å²) in [5.41, 5.74) is 0.255. The van der Waals surface area contributed by atoms with Gasteiger partial charge in [0.2, 0.25) is 0 Å². The first-order valence-corrected chi connectivity index (χ1v) is 8.18. The Kier molecular flexibility index (Phi) is 5.01. The highest BCUT2D eigenvalue weighted by molar-refractivity contribution is 7.08. The van der Waals surface area contributed by atoms with E-state index in [4.69, 9.17) is 0 Å². The number of hydrogen-bond donors (Lipinski definition) is 2. The van der Waals surface area contributed by atoms with Crippen LogP contribution in [0.5, 0.6) is 0 Å². The van der Waals surface area contributed by atoms with Gasteiger partial charge >= 0.3 is 0 Å². The maximum absolute atomic E-state index is 10.5. The Labute approximate surface area is 120 Å². The largest absolute Gasteiger partial charge is 0.384 e. The predicted octanol–water partition coefficient (Wildman–Crippen LogP) is 2.28. The number of piperidine rings is 1. The standard InChI is InChI=1S/C15H26N2OS/c1-4-17-7-5-14(12(2)9-17)16-11-15(3,18)13-6-8-19-10-13/h6,8,10,12,14,16,18H,4-5,7,9,11H2,1-3H3. The number of likely N-dealkylation sites (tertiary alicyclic amines) is 1. The fourth-order valence-corrected chi connectivity index (χ4v) is 3.61. The van der Waals surface area contributed by atoms with Crippen molar-refractivity contribution in [2.24, 2.45) is 5.92 Å². The summed E-state index contributed by atoms with van der Waals surface area (Å²) < 4.78 is 0. The molecule has 0 spiro atoms. The number of hydrogen-bond acceptors (Lipinski definition) is 4. The molecule has 0 amide bonds. The minimum Gasteiger partial charge on any atom is -0.384 e. The molecule has 0 aliphatic carbocycles. The number of nitrogens with zero attached hydrogens (tertiary/aromatic N) is 1. The molecular weight excluding hydrogens is 256 g/mol. The third kappa shape index (κ3) is 3.78. The van der Waals surface area contributed by atoms with E-state index in [9.17, 15) is 5.11 Å². The summed E-state index contributed by atoms with van der Waals surface area (Å²) in [7, 11) is 0. The highest BCUT2D eigenvalue weighted by Gasteiger charge is 2.29. The van der Waals surface area contributed by atoms with Crippen molar-refractivity contribution < 1.29 is 5.11 Å². The average molecular weight is 282 g/mol. The van der Waals surface area contributed by atoms with Gasteiger partial charge in [0.05, 0.1) is 5.60 Å². The van der Waals surface area contributed by atoms with E-state index in [-0.39, 0.29) is 0 Å². The maximum atomic E-state index is 10.5. The van der Waals surface area contributed by atoms with Crippen LogP contribution in [0, 0.1) is 5.92 Å². The van der Waals surface area contributed by atoms with Gasteiger partial charge in [-0.15, -0.1) is 0 Å². The maximum Gasteiger partial charge on any atom is 0.1000 e. The Morgan fingerprint density at radius 1 is 1.58 bits per heavy atom. The Morgan fingerprint density at radius 2 is 2.37 bits per heavy atom. The minimum absolute atomic E-state index is 0.521. The summed E-state index contributed by atoms with van der Waals surface area (Å²) >= 11 is 1.64. The van der Waals surface area contributed by atoms with Gasteiger partial charge in [-0.3, -0.25) is 0 Å². The molecule has 108 valence electrons. The van der Waals surface area contributed by atoms with Gasteiger partial charge in [0.15, 0.2) is 0 Å². The fraction of sp³-hybridized carbons (Fsp3) is 0.733. The van der Waals surface area contributed by atoms with Gasteiger partial charge in [-0.25, -0.2) is 0 Å². The van der Waals surface area contributed by atoms with Gasteiger partial charge < -0.3 is 15.3 Å². The molecule has 1 saturated heterocycles. The van der Waals surface area contributed by atoms with Crippen LogP contribution in [0.4, 0.5) is 0 Å². The highest BCUT2D eigenvalue weighted by Crippen LogP contribution is 2.23. The zero-order chi connectivity index (χ0) is 13.9. The molecule has 0 bridgehead atoms.